The maximum atomic E-state index is 6.03. The molecule has 3 aliphatic rings. The molecule has 29 heavy (non-hydrogen) atoms. The van der Waals surface area contributed by atoms with Gasteiger partial charge in [0.05, 0.1) is 6.61 Å². The molecule has 154 valence electrons. The topological polar surface area (TPSA) is 12.5 Å². The molecule has 2 aromatic rings. The predicted molar refractivity (Wildman–Crippen MR) is 120 cm³/mol. The van der Waals surface area contributed by atoms with Crippen molar-refractivity contribution >= 4 is 11.6 Å². The Morgan fingerprint density at radius 1 is 1.07 bits per heavy atom. The zero-order valence-electron chi connectivity index (χ0n) is 17.3. The molecule has 2 aliphatic carbocycles. The first kappa shape index (κ1) is 19.5. The number of hydrogen-bond acceptors (Lipinski definition) is 2. The molecule has 2 bridgehead atoms. The standard InChI is InChI=1S/C26H32ClNO/c27-14-6-16-29-22-11-10-21-17-25-23-9-4-5-12-26(23,24(21)18-22)13-15-28(25)19-20-7-2-1-3-8-20/h1-3,7-8,10-11,18,23,25H,4-6,9,12-17,19H2. The van der Waals surface area contributed by atoms with Crippen LogP contribution in [0, 0.1) is 5.92 Å². The van der Waals surface area contributed by atoms with Gasteiger partial charge in [-0.1, -0.05) is 49.2 Å². The third-order valence-electron chi connectivity index (χ3n) is 7.70. The molecule has 5 rings (SSSR count). The molecule has 3 atom stereocenters. The van der Waals surface area contributed by atoms with Crippen LogP contribution in [0.25, 0.3) is 0 Å². The first-order valence-electron chi connectivity index (χ1n) is 11.4. The lowest BCUT2D eigenvalue weighted by Gasteiger charge is -2.59. The molecule has 2 aromatic carbocycles. The Balaban J connectivity index is 1.45. The van der Waals surface area contributed by atoms with Crippen LogP contribution in [0.2, 0.25) is 0 Å². The van der Waals surface area contributed by atoms with Crippen molar-refractivity contribution in [2.75, 3.05) is 19.0 Å². The molecule has 2 nitrogen and oxygen atoms in total. The molecule has 1 saturated heterocycles. The van der Waals surface area contributed by atoms with Gasteiger partial charge < -0.3 is 4.74 Å². The number of halogens is 1. The van der Waals surface area contributed by atoms with Crippen molar-refractivity contribution in [3.63, 3.8) is 0 Å². The summed E-state index contributed by atoms with van der Waals surface area (Å²) in [6.07, 6.45) is 8.89. The quantitative estimate of drug-likeness (QED) is 0.431. The fourth-order valence-electron chi connectivity index (χ4n) is 6.41. The fraction of sp³-hybridized carbons (Fsp3) is 0.538. The van der Waals surface area contributed by atoms with E-state index >= 15 is 0 Å². The molecular formula is C26H32ClNO. The van der Waals surface area contributed by atoms with Crippen molar-refractivity contribution in [3.05, 3.63) is 65.2 Å². The molecule has 3 unspecified atom stereocenters. The number of ether oxygens (including phenoxy) is 1. The minimum atomic E-state index is 0.371. The van der Waals surface area contributed by atoms with E-state index < -0.39 is 0 Å². The van der Waals surface area contributed by atoms with Gasteiger partial charge in [0.1, 0.15) is 5.75 Å². The molecule has 0 N–H and O–H groups in total. The number of benzene rings is 2. The van der Waals surface area contributed by atoms with Crippen LogP contribution in [0.3, 0.4) is 0 Å². The van der Waals surface area contributed by atoms with Gasteiger partial charge in [-0.2, -0.15) is 0 Å². The highest BCUT2D eigenvalue weighted by Crippen LogP contribution is 2.56. The molecule has 1 heterocycles. The first-order chi connectivity index (χ1) is 14.3. The van der Waals surface area contributed by atoms with Gasteiger partial charge in [0.25, 0.3) is 0 Å². The minimum absolute atomic E-state index is 0.371. The Labute approximate surface area is 180 Å². The van der Waals surface area contributed by atoms with Gasteiger partial charge in [0, 0.05) is 23.9 Å². The van der Waals surface area contributed by atoms with Gasteiger partial charge in [-0.25, -0.2) is 0 Å². The lowest BCUT2D eigenvalue weighted by Crippen LogP contribution is -2.60. The van der Waals surface area contributed by atoms with Crippen LogP contribution < -0.4 is 4.74 Å². The van der Waals surface area contributed by atoms with Crippen LogP contribution in [0.15, 0.2) is 48.5 Å². The Hall–Kier alpha value is -1.51. The summed E-state index contributed by atoms with van der Waals surface area (Å²) in [7, 11) is 0. The zero-order chi connectivity index (χ0) is 19.7. The van der Waals surface area contributed by atoms with Crippen molar-refractivity contribution in [2.24, 2.45) is 5.92 Å². The SMILES string of the molecule is ClCCCOc1ccc2c(c1)C13CCCCC1C(C2)N(Cc1ccccc1)CC3. The molecule has 0 amide bonds. The summed E-state index contributed by atoms with van der Waals surface area (Å²) >= 11 is 5.83. The second-order valence-corrected chi connectivity index (χ2v) is 9.57. The Bertz CT molecular complexity index is 838. The highest BCUT2D eigenvalue weighted by Gasteiger charge is 2.53. The third-order valence-corrected chi connectivity index (χ3v) is 7.97. The average Bonchev–Trinajstić information content (AvgIpc) is 2.77. The zero-order valence-corrected chi connectivity index (χ0v) is 18.0. The Morgan fingerprint density at radius 2 is 1.97 bits per heavy atom. The monoisotopic (exact) mass is 409 g/mol. The smallest absolute Gasteiger partial charge is 0.119 e. The maximum absolute atomic E-state index is 6.03. The van der Waals surface area contributed by atoms with Gasteiger partial charge in [-0.3, -0.25) is 4.90 Å². The molecule has 2 fully saturated rings. The number of piperidine rings is 1. The van der Waals surface area contributed by atoms with E-state index in [0.717, 1.165) is 24.6 Å². The third kappa shape index (κ3) is 3.59. The number of rotatable bonds is 6. The number of nitrogens with zero attached hydrogens (tertiary/aromatic N) is 1. The average molecular weight is 410 g/mol. The van der Waals surface area contributed by atoms with Crippen LogP contribution in [0.5, 0.6) is 5.75 Å². The number of hydrogen-bond donors (Lipinski definition) is 0. The second kappa shape index (κ2) is 8.32. The van der Waals surface area contributed by atoms with E-state index in [2.05, 4.69) is 53.4 Å². The predicted octanol–water partition coefficient (Wildman–Crippen LogP) is 5.95. The van der Waals surface area contributed by atoms with Gasteiger partial charge in [0.15, 0.2) is 0 Å². The van der Waals surface area contributed by atoms with Crippen LogP contribution in [0.1, 0.15) is 55.2 Å². The van der Waals surface area contributed by atoms with Crippen molar-refractivity contribution < 1.29 is 4.74 Å². The molecule has 3 heteroatoms. The molecule has 0 aromatic heterocycles. The summed E-state index contributed by atoms with van der Waals surface area (Å²) in [4.78, 5) is 2.79. The highest BCUT2D eigenvalue weighted by atomic mass is 35.5. The van der Waals surface area contributed by atoms with Crippen molar-refractivity contribution in [2.45, 2.75) is 62.9 Å². The number of likely N-dealkylation sites (tertiary alicyclic amines) is 1. The van der Waals surface area contributed by atoms with Crippen molar-refractivity contribution in [1.82, 2.24) is 4.90 Å². The molecule has 0 spiro atoms. The molecule has 0 radical (unpaired) electrons. The molecule has 1 aliphatic heterocycles. The summed E-state index contributed by atoms with van der Waals surface area (Å²) < 4.78 is 6.03. The van der Waals surface area contributed by atoms with Crippen molar-refractivity contribution in [3.8, 4) is 5.75 Å². The van der Waals surface area contributed by atoms with E-state index in [0.29, 0.717) is 23.9 Å². The van der Waals surface area contributed by atoms with E-state index in [1.54, 1.807) is 11.1 Å². The van der Waals surface area contributed by atoms with Crippen LogP contribution in [0.4, 0.5) is 0 Å². The summed E-state index contributed by atoms with van der Waals surface area (Å²) in [5.74, 6) is 2.49. The lowest BCUT2D eigenvalue weighted by atomic mass is 9.52. The van der Waals surface area contributed by atoms with Crippen LogP contribution in [-0.2, 0) is 18.4 Å². The summed E-state index contributed by atoms with van der Waals surface area (Å²) in [6, 6.07) is 18.6. The van der Waals surface area contributed by atoms with Crippen molar-refractivity contribution in [1.29, 1.82) is 0 Å². The number of alkyl halides is 1. The van der Waals surface area contributed by atoms with E-state index in [-0.39, 0.29) is 0 Å². The fourth-order valence-corrected chi connectivity index (χ4v) is 6.52. The maximum Gasteiger partial charge on any atom is 0.119 e. The van der Waals surface area contributed by atoms with E-state index in [9.17, 15) is 0 Å². The lowest BCUT2D eigenvalue weighted by molar-refractivity contribution is -0.0157. The second-order valence-electron chi connectivity index (χ2n) is 9.20. The minimum Gasteiger partial charge on any atom is -0.494 e. The van der Waals surface area contributed by atoms with Gasteiger partial charge >= 0.3 is 0 Å². The van der Waals surface area contributed by atoms with E-state index in [1.807, 2.05) is 0 Å². The Morgan fingerprint density at radius 3 is 2.83 bits per heavy atom. The van der Waals surface area contributed by atoms with Gasteiger partial charge in [-0.15, -0.1) is 11.6 Å². The van der Waals surface area contributed by atoms with Crippen LogP contribution >= 0.6 is 11.6 Å². The summed E-state index contributed by atoms with van der Waals surface area (Å²) in [5, 5.41) is 0. The summed E-state index contributed by atoms with van der Waals surface area (Å²) in [6.45, 7) is 3.02. The first-order valence-corrected chi connectivity index (χ1v) is 11.9. The van der Waals surface area contributed by atoms with Gasteiger partial charge in [-0.05, 0) is 73.4 Å². The molecular weight excluding hydrogens is 378 g/mol. The molecule has 1 saturated carbocycles. The number of fused-ring (bicyclic) bond motifs is 1. The summed E-state index contributed by atoms with van der Waals surface area (Å²) in [5.41, 5.74) is 5.00. The Kier molecular flexibility index (Phi) is 5.58. The highest BCUT2D eigenvalue weighted by molar-refractivity contribution is 6.17. The largest absolute Gasteiger partial charge is 0.494 e. The van der Waals surface area contributed by atoms with Gasteiger partial charge in [0.2, 0.25) is 0 Å². The van der Waals surface area contributed by atoms with E-state index in [1.165, 1.54) is 50.6 Å². The van der Waals surface area contributed by atoms with E-state index in [4.69, 9.17) is 16.3 Å². The van der Waals surface area contributed by atoms with Crippen LogP contribution in [-0.4, -0.2) is 30.0 Å². The normalized spacial score (nSPS) is 28.4.